The third-order valence-corrected chi connectivity index (χ3v) is 6.70. The summed E-state index contributed by atoms with van der Waals surface area (Å²) in [6.45, 7) is 2.24. The van der Waals surface area contributed by atoms with Gasteiger partial charge in [0.1, 0.15) is 5.82 Å². The highest BCUT2D eigenvalue weighted by Crippen LogP contribution is 2.29. The summed E-state index contributed by atoms with van der Waals surface area (Å²) in [5, 5.41) is 9.48. The van der Waals surface area contributed by atoms with Gasteiger partial charge in [-0.25, -0.2) is 9.07 Å². The van der Waals surface area contributed by atoms with E-state index in [-0.39, 0.29) is 11.7 Å². The molecule has 4 aromatic rings. The maximum absolute atomic E-state index is 13.2. The maximum atomic E-state index is 13.2. The minimum Gasteiger partial charge on any atom is -0.339 e. The minimum absolute atomic E-state index is 0.112. The van der Waals surface area contributed by atoms with Crippen LogP contribution in [0.5, 0.6) is 0 Å². The monoisotopic (exact) mass is 484 g/mol. The van der Waals surface area contributed by atoms with Gasteiger partial charge in [0, 0.05) is 24.7 Å². The van der Waals surface area contributed by atoms with E-state index < -0.39 is 0 Å². The first kappa shape index (κ1) is 21.9. The molecule has 0 aliphatic carbocycles. The van der Waals surface area contributed by atoms with Crippen molar-refractivity contribution in [2.45, 2.75) is 25.4 Å². The van der Waals surface area contributed by atoms with Crippen LogP contribution in [0.3, 0.4) is 0 Å². The number of halogens is 2. The molecule has 0 N–H and O–H groups in total. The molecule has 5 rings (SSSR count). The Bertz CT molecular complexity index is 1330. The van der Waals surface area contributed by atoms with Gasteiger partial charge >= 0.3 is 0 Å². The van der Waals surface area contributed by atoms with Gasteiger partial charge in [-0.05, 0) is 68.0 Å². The highest BCUT2D eigenvalue weighted by molar-refractivity contribution is 7.71. The number of hydrogen-bond donors (Lipinski definition) is 0. The van der Waals surface area contributed by atoms with Crippen LogP contribution in [-0.4, -0.2) is 42.5 Å². The SMILES string of the molecule is Cn1c(-c2ccccc2Cl)nn(CN2CCC[C@@H](c3nc(-c4ccc(F)cc4)no3)C2)c1=S. The highest BCUT2D eigenvalue weighted by Gasteiger charge is 2.27. The topological polar surface area (TPSA) is 64.9 Å². The van der Waals surface area contributed by atoms with E-state index in [0.717, 1.165) is 42.9 Å². The van der Waals surface area contributed by atoms with E-state index >= 15 is 0 Å². The number of aromatic nitrogens is 5. The van der Waals surface area contributed by atoms with E-state index in [4.69, 9.17) is 33.4 Å². The molecule has 33 heavy (non-hydrogen) atoms. The zero-order valence-electron chi connectivity index (χ0n) is 18.0. The molecule has 0 spiro atoms. The zero-order chi connectivity index (χ0) is 22.9. The number of hydrogen-bond acceptors (Lipinski definition) is 6. The standard InChI is InChI=1S/C23H22ClFN6OS/c1-29-21(18-6-2-3-7-19(18)24)27-31(23(29)33)14-30-12-4-5-16(13-30)22-26-20(28-32-22)15-8-10-17(25)11-9-15/h2-3,6-11,16H,4-5,12-14H2,1H3/t16-/m1/s1. The molecule has 0 radical (unpaired) electrons. The number of piperidine rings is 1. The molecule has 2 aromatic carbocycles. The van der Waals surface area contributed by atoms with Gasteiger partial charge < -0.3 is 9.09 Å². The molecule has 2 aromatic heterocycles. The second-order valence-electron chi connectivity index (χ2n) is 8.17. The summed E-state index contributed by atoms with van der Waals surface area (Å²) >= 11 is 12.0. The normalized spacial score (nSPS) is 16.9. The molecule has 10 heteroatoms. The molecular weight excluding hydrogens is 463 g/mol. The Kier molecular flexibility index (Phi) is 6.09. The van der Waals surface area contributed by atoms with Crippen LogP contribution < -0.4 is 0 Å². The molecule has 1 aliphatic rings. The van der Waals surface area contributed by atoms with E-state index in [0.29, 0.717) is 28.2 Å². The molecule has 3 heterocycles. The summed E-state index contributed by atoms with van der Waals surface area (Å²) in [5.41, 5.74) is 1.58. The Hall–Kier alpha value is -2.88. The third kappa shape index (κ3) is 4.48. The van der Waals surface area contributed by atoms with Crippen LogP contribution in [0.1, 0.15) is 24.7 Å². The van der Waals surface area contributed by atoms with E-state index in [1.807, 2.05) is 40.6 Å². The summed E-state index contributed by atoms with van der Waals surface area (Å²) < 4.78 is 23.1. The summed E-state index contributed by atoms with van der Waals surface area (Å²) in [4.78, 5) is 6.86. The fraction of sp³-hybridized carbons (Fsp3) is 0.304. The first-order valence-electron chi connectivity index (χ1n) is 10.7. The third-order valence-electron chi connectivity index (χ3n) is 5.89. The Morgan fingerprint density at radius 1 is 1.18 bits per heavy atom. The smallest absolute Gasteiger partial charge is 0.231 e. The summed E-state index contributed by atoms with van der Waals surface area (Å²) in [6.07, 6.45) is 1.95. The van der Waals surface area contributed by atoms with E-state index in [1.165, 1.54) is 12.1 Å². The van der Waals surface area contributed by atoms with Crippen molar-refractivity contribution in [3.63, 3.8) is 0 Å². The predicted octanol–water partition coefficient (Wildman–Crippen LogP) is 5.30. The Morgan fingerprint density at radius 3 is 2.76 bits per heavy atom. The van der Waals surface area contributed by atoms with Crippen LogP contribution in [0, 0.1) is 10.6 Å². The largest absolute Gasteiger partial charge is 0.339 e. The number of rotatable bonds is 5. The van der Waals surface area contributed by atoms with Gasteiger partial charge in [0.25, 0.3) is 0 Å². The first-order valence-corrected chi connectivity index (χ1v) is 11.5. The predicted molar refractivity (Wildman–Crippen MR) is 126 cm³/mol. The highest BCUT2D eigenvalue weighted by atomic mass is 35.5. The molecule has 1 aliphatic heterocycles. The van der Waals surface area contributed by atoms with Gasteiger partial charge in [-0.3, -0.25) is 4.90 Å². The molecular formula is C23H22ClFN6OS. The lowest BCUT2D eigenvalue weighted by Gasteiger charge is -2.30. The molecule has 0 bridgehead atoms. The lowest BCUT2D eigenvalue weighted by Crippen LogP contribution is -2.36. The molecule has 7 nitrogen and oxygen atoms in total. The Balaban J connectivity index is 1.32. The van der Waals surface area contributed by atoms with Crippen LogP contribution in [0.2, 0.25) is 5.02 Å². The fourth-order valence-electron chi connectivity index (χ4n) is 4.15. The van der Waals surface area contributed by atoms with Crippen molar-refractivity contribution in [1.29, 1.82) is 0 Å². The fourth-order valence-corrected chi connectivity index (χ4v) is 4.55. The molecule has 0 amide bonds. The van der Waals surface area contributed by atoms with E-state index in [9.17, 15) is 4.39 Å². The average Bonchev–Trinajstić information content (AvgIpc) is 3.42. The van der Waals surface area contributed by atoms with Gasteiger partial charge in [-0.2, -0.15) is 10.1 Å². The molecule has 0 saturated carbocycles. The summed E-state index contributed by atoms with van der Waals surface area (Å²) in [6, 6.07) is 13.7. The van der Waals surface area contributed by atoms with Gasteiger partial charge in [0.2, 0.25) is 11.7 Å². The lowest BCUT2D eigenvalue weighted by atomic mass is 9.98. The number of likely N-dealkylation sites (tertiary alicyclic amines) is 1. The van der Waals surface area contributed by atoms with Crippen LogP contribution in [0.15, 0.2) is 53.1 Å². The van der Waals surface area contributed by atoms with Crippen LogP contribution in [-0.2, 0) is 13.7 Å². The van der Waals surface area contributed by atoms with Gasteiger partial charge in [-0.1, -0.05) is 28.9 Å². The second kappa shape index (κ2) is 9.17. The van der Waals surface area contributed by atoms with Crippen molar-refractivity contribution in [1.82, 2.24) is 29.4 Å². The van der Waals surface area contributed by atoms with Crippen molar-refractivity contribution in [3.05, 3.63) is 70.0 Å². The Labute approximate surface area is 200 Å². The average molecular weight is 485 g/mol. The van der Waals surface area contributed by atoms with Crippen molar-refractivity contribution in [3.8, 4) is 22.8 Å². The molecule has 1 saturated heterocycles. The minimum atomic E-state index is -0.295. The number of benzene rings is 2. The quantitative estimate of drug-likeness (QED) is 0.358. The molecule has 1 fully saturated rings. The van der Waals surface area contributed by atoms with Crippen molar-refractivity contribution in [2.75, 3.05) is 13.1 Å². The van der Waals surface area contributed by atoms with E-state index in [2.05, 4.69) is 15.0 Å². The first-order chi connectivity index (χ1) is 16.0. The lowest BCUT2D eigenvalue weighted by molar-refractivity contribution is 0.143. The van der Waals surface area contributed by atoms with Crippen LogP contribution >= 0.6 is 23.8 Å². The molecule has 0 unspecified atom stereocenters. The second-order valence-corrected chi connectivity index (χ2v) is 8.94. The Morgan fingerprint density at radius 2 is 1.97 bits per heavy atom. The maximum Gasteiger partial charge on any atom is 0.231 e. The van der Waals surface area contributed by atoms with Crippen molar-refractivity contribution < 1.29 is 8.91 Å². The van der Waals surface area contributed by atoms with Crippen molar-refractivity contribution in [2.24, 2.45) is 7.05 Å². The zero-order valence-corrected chi connectivity index (χ0v) is 19.6. The van der Waals surface area contributed by atoms with Crippen molar-refractivity contribution >= 4 is 23.8 Å². The van der Waals surface area contributed by atoms with Gasteiger partial charge in [-0.15, -0.1) is 0 Å². The molecule has 170 valence electrons. The summed E-state index contributed by atoms with van der Waals surface area (Å²) in [7, 11) is 1.90. The van der Waals surface area contributed by atoms with E-state index in [1.54, 1.807) is 12.1 Å². The summed E-state index contributed by atoms with van der Waals surface area (Å²) in [5.74, 6) is 1.62. The van der Waals surface area contributed by atoms with Gasteiger partial charge in [0.15, 0.2) is 10.6 Å². The van der Waals surface area contributed by atoms with Crippen LogP contribution in [0.4, 0.5) is 4.39 Å². The molecule has 1 atom stereocenters. The van der Waals surface area contributed by atoms with Gasteiger partial charge in [0.05, 0.1) is 17.6 Å². The van der Waals surface area contributed by atoms with Crippen LogP contribution in [0.25, 0.3) is 22.8 Å². The number of nitrogens with zero attached hydrogens (tertiary/aromatic N) is 6.